The second-order valence-corrected chi connectivity index (χ2v) is 3.24. The Morgan fingerprint density at radius 3 is 2.44 bits per heavy atom. The first-order chi connectivity index (χ1) is 7.76. The Morgan fingerprint density at radius 2 is 1.94 bits per heavy atom. The van der Waals surface area contributed by atoms with Crippen LogP contribution in [0.2, 0.25) is 0 Å². The maximum atomic E-state index is 12.2. The lowest BCUT2D eigenvalue weighted by Gasteiger charge is -2.12. The van der Waals surface area contributed by atoms with Crippen LogP contribution in [0.1, 0.15) is 11.1 Å². The molecule has 1 rings (SSSR count). The predicted octanol–water partition coefficient (Wildman–Crippen LogP) is 2.15. The molecule has 0 fully saturated rings. The molecular weight excluding hydrogens is 209 g/mol. The Morgan fingerprint density at radius 1 is 1.25 bits per heavy atom. The fourth-order valence-electron chi connectivity index (χ4n) is 1.53. The Bertz CT molecular complexity index is 378. The zero-order valence-corrected chi connectivity index (χ0v) is 9.50. The first-order valence-electron chi connectivity index (χ1n) is 4.98. The van der Waals surface area contributed by atoms with Gasteiger partial charge in [0.05, 0.1) is 20.5 Å². The summed E-state index contributed by atoms with van der Waals surface area (Å²) in [5.41, 5.74) is 7.10. The molecule has 0 amide bonds. The smallest absolute Gasteiger partial charge is 0.126 e. The van der Waals surface area contributed by atoms with E-state index in [9.17, 15) is 4.39 Å². The van der Waals surface area contributed by atoms with Crippen LogP contribution in [-0.4, -0.2) is 20.8 Å². The summed E-state index contributed by atoms with van der Waals surface area (Å²) in [5, 5.41) is 0. The molecule has 0 saturated carbocycles. The van der Waals surface area contributed by atoms with E-state index in [0.29, 0.717) is 36.4 Å². The van der Waals surface area contributed by atoms with Crippen molar-refractivity contribution in [1.29, 1.82) is 0 Å². The van der Waals surface area contributed by atoms with Crippen LogP contribution in [-0.2, 0) is 6.42 Å². The van der Waals surface area contributed by atoms with Gasteiger partial charge in [-0.25, -0.2) is 4.39 Å². The summed E-state index contributed by atoms with van der Waals surface area (Å²) in [6.07, 6.45) is 2.49. The minimum absolute atomic E-state index is 0.472. The van der Waals surface area contributed by atoms with Crippen molar-refractivity contribution in [3.8, 4) is 11.5 Å². The average molecular weight is 225 g/mol. The van der Waals surface area contributed by atoms with Crippen LogP contribution in [0.25, 0.3) is 6.08 Å². The quantitative estimate of drug-likeness (QED) is 0.835. The average Bonchev–Trinajstić information content (AvgIpc) is 2.31. The molecule has 0 aliphatic heterocycles. The molecule has 3 nitrogen and oxygen atoms in total. The molecule has 0 bridgehead atoms. The molecule has 2 N–H and O–H groups in total. The van der Waals surface area contributed by atoms with Gasteiger partial charge in [-0.15, -0.1) is 0 Å². The van der Waals surface area contributed by atoms with Gasteiger partial charge < -0.3 is 15.2 Å². The lowest BCUT2D eigenvalue weighted by atomic mass is 10.1. The maximum Gasteiger partial charge on any atom is 0.126 e. The molecule has 0 aromatic heterocycles. The molecule has 16 heavy (non-hydrogen) atoms. The van der Waals surface area contributed by atoms with Gasteiger partial charge in [0.1, 0.15) is 11.5 Å². The monoisotopic (exact) mass is 225 g/mol. The second-order valence-electron chi connectivity index (χ2n) is 3.24. The van der Waals surface area contributed by atoms with Crippen molar-refractivity contribution < 1.29 is 13.9 Å². The molecule has 0 atom stereocenters. The van der Waals surface area contributed by atoms with Crippen LogP contribution in [0.15, 0.2) is 18.5 Å². The van der Waals surface area contributed by atoms with E-state index in [-0.39, 0.29) is 0 Å². The summed E-state index contributed by atoms with van der Waals surface area (Å²) in [6, 6.07) is 3.56. The lowest BCUT2D eigenvalue weighted by Crippen LogP contribution is -2.05. The summed E-state index contributed by atoms with van der Waals surface area (Å²) >= 11 is 0. The van der Waals surface area contributed by atoms with Crippen LogP contribution in [0.3, 0.4) is 0 Å². The number of rotatable bonds is 5. The molecule has 1 aromatic rings. The van der Waals surface area contributed by atoms with Crippen molar-refractivity contribution in [1.82, 2.24) is 0 Å². The summed E-state index contributed by atoms with van der Waals surface area (Å²) in [4.78, 5) is 0. The molecule has 0 heterocycles. The van der Waals surface area contributed by atoms with E-state index in [1.165, 1.54) is 6.08 Å². The summed E-state index contributed by atoms with van der Waals surface area (Å²) in [5.74, 6) is 1.30. The Labute approximate surface area is 94.7 Å². The molecule has 0 radical (unpaired) electrons. The highest BCUT2D eigenvalue weighted by Gasteiger charge is 2.08. The Hall–Kier alpha value is -1.55. The van der Waals surface area contributed by atoms with Gasteiger partial charge in [0.2, 0.25) is 0 Å². The standard InChI is InChI=1S/C12H16FNO2/c1-15-11-8-10(4-6-14)12(16-2)7-9(11)3-5-13/h3,5,7-8H,4,6,14H2,1-2H3. The predicted molar refractivity (Wildman–Crippen MR) is 62.4 cm³/mol. The fourth-order valence-corrected chi connectivity index (χ4v) is 1.53. The first-order valence-corrected chi connectivity index (χ1v) is 4.98. The van der Waals surface area contributed by atoms with Gasteiger partial charge in [-0.3, -0.25) is 0 Å². The van der Waals surface area contributed by atoms with Gasteiger partial charge in [0.25, 0.3) is 0 Å². The highest BCUT2D eigenvalue weighted by molar-refractivity contribution is 5.61. The third kappa shape index (κ3) is 2.73. The van der Waals surface area contributed by atoms with Gasteiger partial charge in [0.15, 0.2) is 0 Å². The number of hydrogen-bond donors (Lipinski definition) is 1. The lowest BCUT2D eigenvalue weighted by molar-refractivity contribution is 0.398. The molecule has 1 aromatic carbocycles. The molecule has 0 aliphatic rings. The van der Waals surface area contributed by atoms with E-state index in [2.05, 4.69) is 0 Å². The van der Waals surface area contributed by atoms with Crippen molar-refractivity contribution in [2.24, 2.45) is 5.73 Å². The van der Waals surface area contributed by atoms with E-state index in [4.69, 9.17) is 15.2 Å². The highest BCUT2D eigenvalue weighted by atomic mass is 19.1. The van der Waals surface area contributed by atoms with Gasteiger partial charge in [-0.2, -0.15) is 0 Å². The zero-order valence-electron chi connectivity index (χ0n) is 9.50. The molecule has 0 spiro atoms. The van der Waals surface area contributed by atoms with Crippen molar-refractivity contribution in [3.63, 3.8) is 0 Å². The van der Waals surface area contributed by atoms with Gasteiger partial charge >= 0.3 is 0 Å². The van der Waals surface area contributed by atoms with Crippen LogP contribution in [0, 0.1) is 0 Å². The van der Waals surface area contributed by atoms with Crippen molar-refractivity contribution >= 4 is 6.08 Å². The number of methoxy groups -OCH3 is 2. The molecule has 4 heteroatoms. The number of halogens is 1. The Kier molecular flexibility index (Phi) is 4.79. The summed E-state index contributed by atoms with van der Waals surface area (Å²) in [6.45, 7) is 0.526. The molecule has 88 valence electrons. The maximum absolute atomic E-state index is 12.2. The molecule has 0 saturated heterocycles. The zero-order chi connectivity index (χ0) is 12.0. The minimum Gasteiger partial charge on any atom is -0.496 e. The van der Waals surface area contributed by atoms with Crippen molar-refractivity contribution in [2.75, 3.05) is 20.8 Å². The van der Waals surface area contributed by atoms with E-state index in [0.717, 1.165) is 5.56 Å². The minimum atomic E-state index is 0.472. The first kappa shape index (κ1) is 12.5. The topological polar surface area (TPSA) is 44.5 Å². The molecule has 0 unspecified atom stereocenters. The van der Waals surface area contributed by atoms with E-state index in [1.807, 2.05) is 6.07 Å². The summed E-state index contributed by atoms with van der Waals surface area (Å²) in [7, 11) is 3.12. The van der Waals surface area contributed by atoms with Gasteiger partial charge in [0, 0.05) is 5.56 Å². The highest BCUT2D eigenvalue weighted by Crippen LogP contribution is 2.30. The third-order valence-electron chi connectivity index (χ3n) is 2.29. The van der Waals surface area contributed by atoms with E-state index in [1.54, 1.807) is 20.3 Å². The largest absolute Gasteiger partial charge is 0.496 e. The normalized spacial score (nSPS) is 10.8. The Balaban J connectivity index is 3.22. The van der Waals surface area contributed by atoms with Crippen LogP contribution in [0.5, 0.6) is 11.5 Å². The summed E-state index contributed by atoms with van der Waals surface area (Å²) < 4.78 is 22.6. The van der Waals surface area contributed by atoms with Crippen LogP contribution < -0.4 is 15.2 Å². The molecular formula is C12H16FNO2. The number of nitrogens with two attached hydrogens (primary N) is 1. The van der Waals surface area contributed by atoms with Crippen molar-refractivity contribution in [2.45, 2.75) is 6.42 Å². The number of hydrogen-bond acceptors (Lipinski definition) is 3. The molecule has 0 aliphatic carbocycles. The van der Waals surface area contributed by atoms with Crippen LogP contribution in [0.4, 0.5) is 4.39 Å². The fraction of sp³-hybridized carbons (Fsp3) is 0.333. The number of benzene rings is 1. The second kappa shape index (κ2) is 6.12. The SMILES string of the molecule is COc1cc(CCN)c(OC)cc1C=CF. The van der Waals surface area contributed by atoms with Crippen LogP contribution >= 0.6 is 0 Å². The van der Waals surface area contributed by atoms with Gasteiger partial charge in [-0.1, -0.05) is 0 Å². The van der Waals surface area contributed by atoms with Gasteiger partial charge in [-0.05, 0) is 36.7 Å². The van der Waals surface area contributed by atoms with Crippen molar-refractivity contribution in [3.05, 3.63) is 29.6 Å². The van der Waals surface area contributed by atoms with E-state index >= 15 is 0 Å². The third-order valence-corrected chi connectivity index (χ3v) is 2.29. The van der Waals surface area contributed by atoms with E-state index < -0.39 is 0 Å². The number of ether oxygens (including phenoxy) is 2.